The molecule has 37 heavy (non-hydrogen) atoms. The van der Waals surface area contributed by atoms with Crippen molar-refractivity contribution in [2.45, 2.75) is 46.1 Å². The maximum absolute atomic E-state index is 10.4. The third-order valence-electron chi connectivity index (χ3n) is 7.89. The van der Waals surface area contributed by atoms with Gasteiger partial charge in [-0.15, -0.1) is 0 Å². The lowest BCUT2D eigenvalue weighted by atomic mass is 9.54. The van der Waals surface area contributed by atoms with Gasteiger partial charge in [-0.3, -0.25) is 0 Å². The van der Waals surface area contributed by atoms with E-state index in [2.05, 4.69) is 45.1 Å². The molecule has 0 aromatic heterocycles. The Labute approximate surface area is 219 Å². The lowest BCUT2D eigenvalue weighted by Gasteiger charge is -2.47. The topological polar surface area (TPSA) is 116 Å². The van der Waals surface area contributed by atoms with Gasteiger partial charge < -0.3 is 15.2 Å². The Morgan fingerprint density at radius 1 is 1.03 bits per heavy atom. The van der Waals surface area contributed by atoms with Crippen molar-refractivity contribution in [3.63, 3.8) is 0 Å². The van der Waals surface area contributed by atoms with Crippen molar-refractivity contribution >= 4 is 0 Å². The molecule has 0 amide bonds. The summed E-state index contributed by atoms with van der Waals surface area (Å²) in [5.41, 5.74) is 7.76. The molecule has 4 rings (SSSR count). The van der Waals surface area contributed by atoms with E-state index in [9.17, 15) is 15.8 Å². The monoisotopic (exact) mass is 492 g/mol. The van der Waals surface area contributed by atoms with Gasteiger partial charge in [0.15, 0.2) is 16.9 Å². The zero-order chi connectivity index (χ0) is 26.8. The molecule has 0 spiro atoms. The normalized spacial score (nSPS) is 22.5. The van der Waals surface area contributed by atoms with E-state index < -0.39 is 11.3 Å². The van der Waals surface area contributed by atoms with Crippen LogP contribution in [-0.2, 0) is 6.61 Å². The average Bonchev–Trinajstić information content (AvgIpc) is 2.91. The van der Waals surface area contributed by atoms with Gasteiger partial charge in [0.2, 0.25) is 0 Å². The standard InChI is InChI=1S/C31H32N4O2/c1-30(2,3)22-11-12-23-24(15-22)28(31(18-33,19-34)29(35)25(23)16-32)21-10-13-26(27(14-21)36-4)37-17-20-8-6-5-7-9-20/h5-10,12-14,22,24,28H,11,15,17,35H2,1-4H3/t22-,24-,28-/m1/s1. The summed E-state index contributed by atoms with van der Waals surface area (Å²) in [7, 11) is 1.57. The minimum Gasteiger partial charge on any atom is -0.493 e. The van der Waals surface area contributed by atoms with Crippen LogP contribution in [0, 0.1) is 56.7 Å². The second-order valence-corrected chi connectivity index (χ2v) is 10.9. The van der Waals surface area contributed by atoms with Gasteiger partial charge in [0.1, 0.15) is 12.7 Å². The number of nitrogens with zero attached hydrogens (tertiary/aromatic N) is 3. The first-order valence-electron chi connectivity index (χ1n) is 12.5. The lowest BCUT2D eigenvalue weighted by Crippen LogP contribution is -2.44. The van der Waals surface area contributed by atoms with Crippen molar-refractivity contribution in [1.82, 2.24) is 0 Å². The van der Waals surface area contributed by atoms with Crippen LogP contribution in [0.15, 0.2) is 71.5 Å². The van der Waals surface area contributed by atoms with Crippen LogP contribution in [0.5, 0.6) is 11.5 Å². The molecule has 0 unspecified atom stereocenters. The molecule has 188 valence electrons. The summed E-state index contributed by atoms with van der Waals surface area (Å²) in [4.78, 5) is 0. The first-order chi connectivity index (χ1) is 17.7. The van der Waals surface area contributed by atoms with Crippen molar-refractivity contribution in [3.8, 4) is 29.7 Å². The summed E-state index contributed by atoms with van der Waals surface area (Å²) in [5, 5.41) is 30.8. The summed E-state index contributed by atoms with van der Waals surface area (Å²) in [6.07, 6.45) is 3.66. The number of nitriles is 3. The fourth-order valence-electron chi connectivity index (χ4n) is 5.71. The zero-order valence-corrected chi connectivity index (χ0v) is 21.8. The molecule has 2 aliphatic rings. The van der Waals surface area contributed by atoms with Crippen LogP contribution >= 0.6 is 0 Å². The molecule has 0 radical (unpaired) electrons. The van der Waals surface area contributed by atoms with Crippen molar-refractivity contribution in [2.75, 3.05) is 7.11 Å². The average molecular weight is 493 g/mol. The molecule has 3 atom stereocenters. The van der Waals surface area contributed by atoms with E-state index in [0.29, 0.717) is 24.0 Å². The molecule has 2 aromatic rings. The van der Waals surface area contributed by atoms with Crippen LogP contribution in [0.4, 0.5) is 0 Å². The molecule has 6 nitrogen and oxygen atoms in total. The van der Waals surface area contributed by atoms with Crippen molar-refractivity contribution in [1.29, 1.82) is 15.8 Å². The van der Waals surface area contributed by atoms with E-state index in [4.69, 9.17) is 15.2 Å². The number of fused-ring (bicyclic) bond motifs is 1. The van der Waals surface area contributed by atoms with Crippen molar-refractivity contribution in [2.24, 2.45) is 28.4 Å². The number of allylic oxidation sites excluding steroid dienone is 4. The van der Waals surface area contributed by atoms with E-state index >= 15 is 0 Å². The summed E-state index contributed by atoms with van der Waals surface area (Å²) in [6, 6.07) is 22.0. The summed E-state index contributed by atoms with van der Waals surface area (Å²) >= 11 is 0. The Bertz CT molecular complexity index is 1350. The molecule has 2 aromatic carbocycles. The molecule has 0 bridgehead atoms. The van der Waals surface area contributed by atoms with Gasteiger partial charge >= 0.3 is 0 Å². The number of hydrogen-bond donors (Lipinski definition) is 1. The van der Waals surface area contributed by atoms with E-state index in [0.717, 1.165) is 29.5 Å². The second-order valence-electron chi connectivity index (χ2n) is 10.9. The van der Waals surface area contributed by atoms with Crippen LogP contribution in [0.1, 0.15) is 50.7 Å². The molecule has 0 saturated heterocycles. The summed E-state index contributed by atoms with van der Waals surface area (Å²) in [5.74, 6) is 0.640. The molecule has 0 fully saturated rings. The Kier molecular flexibility index (Phi) is 7.02. The van der Waals surface area contributed by atoms with Gasteiger partial charge in [0.25, 0.3) is 0 Å². The number of hydrogen-bond acceptors (Lipinski definition) is 6. The smallest absolute Gasteiger partial charge is 0.191 e. The van der Waals surface area contributed by atoms with Gasteiger partial charge in [0, 0.05) is 5.92 Å². The van der Waals surface area contributed by atoms with Crippen molar-refractivity contribution in [3.05, 3.63) is 82.6 Å². The third kappa shape index (κ3) is 4.54. The van der Waals surface area contributed by atoms with Crippen LogP contribution in [0.3, 0.4) is 0 Å². The highest BCUT2D eigenvalue weighted by Gasteiger charge is 2.55. The maximum Gasteiger partial charge on any atom is 0.191 e. The number of nitrogens with two attached hydrogens (primary N) is 1. The molecule has 2 N–H and O–H groups in total. The highest BCUT2D eigenvalue weighted by molar-refractivity contribution is 5.60. The Hall–Kier alpha value is -4.21. The number of benzene rings is 2. The summed E-state index contributed by atoms with van der Waals surface area (Å²) in [6.45, 7) is 6.98. The van der Waals surface area contributed by atoms with Crippen LogP contribution in [-0.4, -0.2) is 7.11 Å². The van der Waals surface area contributed by atoms with E-state index in [1.807, 2.05) is 48.5 Å². The Morgan fingerprint density at radius 2 is 1.73 bits per heavy atom. The van der Waals surface area contributed by atoms with Gasteiger partial charge in [-0.1, -0.05) is 63.2 Å². The quantitative estimate of drug-likeness (QED) is 0.536. The van der Waals surface area contributed by atoms with Gasteiger partial charge in [-0.25, -0.2) is 0 Å². The number of ether oxygens (including phenoxy) is 2. The summed E-state index contributed by atoms with van der Waals surface area (Å²) < 4.78 is 11.7. The highest BCUT2D eigenvalue weighted by atomic mass is 16.5. The fraction of sp³-hybridized carbons (Fsp3) is 0.387. The molecule has 0 aliphatic heterocycles. The third-order valence-corrected chi connectivity index (χ3v) is 7.89. The SMILES string of the molecule is COc1cc([C@@H]2[C@@H]3C[C@H](C(C)(C)C)CC=C3C(C#N)=C(N)C2(C#N)C#N)ccc1OCc1ccccc1. The molecular weight excluding hydrogens is 460 g/mol. The minimum absolute atomic E-state index is 0.0286. The Balaban J connectivity index is 1.82. The largest absolute Gasteiger partial charge is 0.493 e. The number of rotatable bonds is 5. The van der Waals surface area contributed by atoms with Gasteiger partial charge in [-0.05, 0) is 58.9 Å². The van der Waals surface area contributed by atoms with Crippen LogP contribution < -0.4 is 15.2 Å². The van der Waals surface area contributed by atoms with E-state index in [1.165, 1.54) is 0 Å². The first kappa shape index (κ1) is 25.9. The predicted octanol–water partition coefficient (Wildman–Crippen LogP) is 6.14. The van der Waals surface area contributed by atoms with E-state index in [-0.39, 0.29) is 22.6 Å². The minimum atomic E-state index is -1.68. The van der Waals surface area contributed by atoms with Gasteiger partial charge in [0.05, 0.1) is 30.5 Å². The molecule has 6 heteroatoms. The Morgan fingerprint density at radius 3 is 2.32 bits per heavy atom. The van der Waals surface area contributed by atoms with E-state index in [1.54, 1.807) is 7.11 Å². The predicted molar refractivity (Wildman–Crippen MR) is 141 cm³/mol. The second kappa shape index (κ2) is 10.0. The van der Waals surface area contributed by atoms with Crippen LogP contribution in [0.2, 0.25) is 0 Å². The molecular formula is C31H32N4O2. The number of methoxy groups -OCH3 is 1. The highest BCUT2D eigenvalue weighted by Crippen LogP contribution is 2.58. The lowest BCUT2D eigenvalue weighted by molar-refractivity contribution is 0.170. The van der Waals surface area contributed by atoms with Gasteiger partial charge in [-0.2, -0.15) is 15.8 Å². The zero-order valence-electron chi connectivity index (χ0n) is 21.8. The maximum atomic E-state index is 10.4. The fourth-order valence-corrected chi connectivity index (χ4v) is 5.71. The molecule has 0 heterocycles. The van der Waals surface area contributed by atoms with Crippen molar-refractivity contribution < 1.29 is 9.47 Å². The first-order valence-corrected chi connectivity index (χ1v) is 12.5. The molecule has 2 aliphatic carbocycles. The molecule has 0 saturated carbocycles. The van der Waals surface area contributed by atoms with Crippen LogP contribution in [0.25, 0.3) is 0 Å².